The third-order valence-corrected chi connectivity index (χ3v) is 5.52. The molecule has 2 saturated heterocycles. The molecule has 1 amide bonds. The minimum absolute atomic E-state index is 0.188. The first kappa shape index (κ1) is 18.7. The highest BCUT2D eigenvalue weighted by atomic mass is 16.5. The molecule has 146 valence electrons. The summed E-state index contributed by atoms with van der Waals surface area (Å²) < 4.78 is 7.68. The fourth-order valence-electron chi connectivity index (χ4n) is 4.05. The van der Waals surface area contributed by atoms with Crippen LogP contribution in [0, 0.1) is 17.2 Å². The molecule has 7 nitrogen and oxygen atoms in total. The zero-order valence-electron chi connectivity index (χ0n) is 15.9. The van der Waals surface area contributed by atoms with E-state index in [0.29, 0.717) is 44.2 Å². The summed E-state index contributed by atoms with van der Waals surface area (Å²) in [6.07, 6.45) is 4.09. The lowest BCUT2D eigenvalue weighted by molar-refractivity contribution is -0.133. The molecule has 2 aliphatic heterocycles. The molecule has 0 unspecified atom stereocenters. The van der Waals surface area contributed by atoms with Crippen molar-refractivity contribution in [2.45, 2.75) is 25.6 Å². The normalized spacial score (nSPS) is 22.5. The van der Waals surface area contributed by atoms with E-state index in [2.05, 4.69) is 16.1 Å². The van der Waals surface area contributed by atoms with Crippen LogP contribution in [0.3, 0.4) is 0 Å². The summed E-state index contributed by atoms with van der Waals surface area (Å²) in [4.78, 5) is 17.3. The van der Waals surface area contributed by atoms with E-state index in [9.17, 15) is 4.79 Å². The van der Waals surface area contributed by atoms with Crippen molar-refractivity contribution in [3.63, 3.8) is 0 Å². The van der Waals surface area contributed by atoms with Gasteiger partial charge in [-0.15, -0.1) is 0 Å². The van der Waals surface area contributed by atoms with Gasteiger partial charge in [-0.2, -0.15) is 10.4 Å². The molecule has 28 heavy (non-hydrogen) atoms. The number of fused-ring (bicyclic) bond motifs is 3. The number of hydrogen-bond donors (Lipinski definition) is 0. The first-order valence-corrected chi connectivity index (χ1v) is 9.77. The standard InChI is InChI=1S/C21H25N5O2/c22-10-17-2-4-18(5-3-17)11-24-12-19-13-25(14-20(24)16-28-15-19)21(27)6-9-26-8-1-7-23-26/h1-5,7-8,19-20H,6,9,11-16H2/t19-,20+/m1/s1. The number of ether oxygens (including phenoxy) is 1. The molecule has 0 aliphatic carbocycles. The molecule has 1 aromatic carbocycles. The van der Waals surface area contributed by atoms with Gasteiger partial charge in [-0.3, -0.25) is 14.4 Å². The van der Waals surface area contributed by atoms with Crippen molar-refractivity contribution in [1.29, 1.82) is 5.26 Å². The Morgan fingerprint density at radius 2 is 2.07 bits per heavy atom. The molecule has 2 aliphatic rings. The van der Waals surface area contributed by atoms with Crippen molar-refractivity contribution in [2.24, 2.45) is 5.92 Å². The van der Waals surface area contributed by atoms with Crippen LogP contribution in [-0.2, 0) is 22.6 Å². The molecule has 4 rings (SSSR count). The number of hydrogen-bond acceptors (Lipinski definition) is 5. The van der Waals surface area contributed by atoms with Crippen LogP contribution < -0.4 is 0 Å². The third kappa shape index (κ3) is 4.41. The van der Waals surface area contributed by atoms with Gasteiger partial charge in [0.1, 0.15) is 0 Å². The molecule has 1 aromatic heterocycles. The molecule has 3 heterocycles. The maximum atomic E-state index is 12.8. The van der Waals surface area contributed by atoms with Gasteiger partial charge in [-0.05, 0) is 23.8 Å². The number of carbonyl (C=O) groups is 1. The maximum Gasteiger partial charge on any atom is 0.224 e. The number of carbonyl (C=O) groups excluding carboxylic acids is 1. The monoisotopic (exact) mass is 379 g/mol. The van der Waals surface area contributed by atoms with E-state index in [1.165, 1.54) is 5.56 Å². The topological polar surface area (TPSA) is 74.4 Å². The Balaban J connectivity index is 1.41. The Morgan fingerprint density at radius 3 is 2.82 bits per heavy atom. The number of nitrogens with zero attached hydrogens (tertiary/aromatic N) is 5. The Morgan fingerprint density at radius 1 is 1.21 bits per heavy atom. The Bertz CT molecular complexity index is 827. The van der Waals surface area contributed by atoms with Gasteiger partial charge in [-0.25, -0.2) is 0 Å². The lowest BCUT2D eigenvalue weighted by atomic mass is 10.1. The second-order valence-electron chi connectivity index (χ2n) is 7.61. The molecule has 0 saturated carbocycles. The van der Waals surface area contributed by atoms with Crippen LogP contribution in [0.2, 0.25) is 0 Å². The third-order valence-electron chi connectivity index (χ3n) is 5.52. The van der Waals surface area contributed by atoms with E-state index in [1.54, 1.807) is 10.9 Å². The summed E-state index contributed by atoms with van der Waals surface area (Å²) in [5.74, 6) is 0.507. The minimum Gasteiger partial charge on any atom is -0.379 e. The number of rotatable bonds is 5. The summed E-state index contributed by atoms with van der Waals surface area (Å²) in [5.41, 5.74) is 1.86. The molecular formula is C21H25N5O2. The highest BCUT2D eigenvalue weighted by Crippen LogP contribution is 2.22. The fraction of sp³-hybridized carbons (Fsp3) is 0.476. The van der Waals surface area contributed by atoms with E-state index in [4.69, 9.17) is 10.00 Å². The highest BCUT2D eigenvalue weighted by molar-refractivity contribution is 5.76. The van der Waals surface area contributed by atoms with Crippen LogP contribution in [0.4, 0.5) is 0 Å². The molecule has 0 spiro atoms. The number of amides is 1. The Hall–Kier alpha value is -2.69. The smallest absolute Gasteiger partial charge is 0.224 e. The van der Waals surface area contributed by atoms with Crippen LogP contribution in [0.15, 0.2) is 42.7 Å². The van der Waals surface area contributed by atoms with E-state index >= 15 is 0 Å². The zero-order valence-corrected chi connectivity index (χ0v) is 15.9. The van der Waals surface area contributed by atoms with E-state index < -0.39 is 0 Å². The molecule has 0 radical (unpaired) electrons. The SMILES string of the molecule is N#Cc1ccc(CN2C[C@H]3COC[C@@H]2CN(C(=O)CCn2cccn2)C3)cc1. The Kier molecular flexibility index (Phi) is 5.70. The number of benzene rings is 1. The zero-order chi connectivity index (χ0) is 19.3. The van der Waals surface area contributed by atoms with Gasteiger partial charge >= 0.3 is 0 Å². The second-order valence-corrected chi connectivity index (χ2v) is 7.61. The van der Waals surface area contributed by atoms with Gasteiger partial charge in [0.05, 0.1) is 30.9 Å². The molecule has 2 aromatic rings. The summed E-state index contributed by atoms with van der Waals surface area (Å²) in [6, 6.07) is 12.0. The van der Waals surface area contributed by atoms with E-state index in [0.717, 1.165) is 19.6 Å². The highest BCUT2D eigenvalue weighted by Gasteiger charge is 2.34. The molecular weight excluding hydrogens is 354 g/mol. The molecule has 2 atom stereocenters. The van der Waals surface area contributed by atoms with Crippen LogP contribution in [0.1, 0.15) is 17.5 Å². The molecule has 7 heteroatoms. The van der Waals surface area contributed by atoms with Crippen molar-refractivity contribution in [2.75, 3.05) is 32.8 Å². The summed E-state index contributed by atoms with van der Waals surface area (Å²) in [6.45, 7) is 5.14. The average molecular weight is 379 g/mol. The van der Waals surface area contributed by atoms with Gasteiger partial charge in [0.2, 0.25) is 5.91 Å². The van der Waals surface area contributed by atoms with Gasteiger partial charge in [-0.1, -0.05) is 12.1 Å². The predicted molar refractivity (Wildman–Crippen MR) is 103 cm³/mol. The van der Waals surface area contributed by atoms with Crippen molar-refractivity contribution < 1.29 is 9.53 Å². The van der Waals surface area contributed by atoms with Gasteiger partial charge < -0.3 is 9.64 Å². The number of nitriles is 1. The van der Waals surface area contributed by atoms with Crippen molar-refractivity contribution in [1.82, 2.24) is 19.6 Å². The fourth-order valence-corrected chi connectivity index (χ4v) is 4.05. The predicted octanol–water partition coefficient (Wildman–Crippen LogP) is 1.50. The van der Waals surface area contributed by atoms with Gasteiger partial charge in [0.25, 0.3) is 0 Å². The number of aromatic nitrogens is 2. The maximum absolute atomic E-state index is 12.8. The summed E-state index contributed by atoms with van der Waals surface area (Å²) in [7, 11) is 0. The lowest BCUT2D eigenvalue weighted by Crippen LogP contribution is -2.45. The van der Waals surface area contributed by atoms with Crippen LogP contribution in [0.25, 0.3) is 0 Å². The summed E-state index contributed by atoms with van der Waals surface area (Å²) in [5, 5.41) is 13.2. The Labute approximate surface area is 165 Å². The lowest BCUT2D eigenvalue weighted by Gasteiger charge is -2.31. The van der Waals surface area contributed by atoms with E-state index in [1.807, 2.05) is 41.4 Å². The number of aryl methyl sites for hydroxylation is 1. The first-order chi connectivity index (χ1) is 13.7. The average Bonchev–Trinajstić information content (AvgIpc) is 3.07. The molecule has 0 N–H and O–H groups in total. The molecule has 2 fully saturated rings. The van der Waals surface area contributed by atoms with Crippen LogP contribution in [-0.4, -0.2) is 64.4 Å². The first-order valence-electron chi connectivity index (χ1n) is 9.77. The largest absolute Gasteiger partial charge is 0.379 e. The van der Waals surface area contributed by atoms with Gasteiger partial charge in [0, 0.05) is 57.5 Å². The van der Waals surface area contributed by atoms with Crippen LogP contribution in [0.5, 0.6) is 0 Å². The minimum atomic E-state index is 0.188. The van der Waals surface area contributed by atoms with Crippen molar-refractivity contribution >= 4 is 5.91 Å². The quantitative estimate of drug-likeness (QED) is 0.787. The summed E-state index contributed by atoms with van der Waals surface area (Å²) >= 11 is 0. The van der Waals surface area contributed by atoms with Crippen molar-refractivity contribution in [3.05, 3.63) is 53.9 Å². The van der Waals surface area contributed by atoms with E-state index in [-0.39, 0.29) is 11.9 Å². The molecule has 2 bridgehead atoms. The second kappa shape index (κ2) is 8.55. The van der Waals surface area contributed by atoms with Crippen molar-refractivity contribution in [3.8, 4) is 6.07 Å². The van der Waals surface area contributed by atoms with Gasteiger partial charge in [0.15, 0.2) is 0 Å². The van der Waals surface area contributed by atoms with Crippen LogP contribution >= 0.6 is 0 Å².